The average molecular weight is 440 g/mol. The number of para-hydroxylation sites is 1. The van der Waals surface area contributed by atoms with Gasteiger partial charge in [-0.3, -0.25) is 3.96 Å². The van der Waals surface area contributed by atoms with E-state index in [1.807, 2.05) is 24.3 Å². The predicted octanol–water partition coefficient (Wildman–Crippen LogP) is 6.49. The number of aromatic nitrogens is 3. The molecule has 0 unspecified atom stereocenters. The monoisotopic (exact) mass is 439 g/mol. The molecule has 4 nitrogen and oxygen atoms in total. The van der Waals surface area contributed by atoms with Gasteiger partial charge in [-0.2, -0.15) is 0 Å². The summed E-state index contributed by atoms with van der Waals surface area (Å²) in [5.74, 6) is 1.89. The Bertz CT molecular complexity index is 1330. The van der Waals surface area contributed by atoms with Gasteiger partial charge in [0.25, 0.3) is 0 Å². The van der Waals surface area contributed by atoms with Crippen LogP contribution in [0.15, 0.2) is 97.2 Å². The highest BCUT2D eigenvalue weighted by atomic mass is 32.1. The van der Waals surface area contributed by atoms with Gasteiger partial charge in [-0.05, 0) is 53.9 Å². The van der Waals surface area contributed by atoms with Gasteiger partial charge in [-0.25, -0.2) is 4.98 Å². The Hall–Kier alpha value is -3.57. The lowest BCUT2D eigenvalue weighted by atomic mass is 10.1. The van der Waals surface area contributed by atoms with Gasteiger partial charge in [0.05, 0.1) is 15.9 Å². The highest BCUT2D eigenvalue weighted by molar-refractivity contribution is 7.13. The van der Waals surface area contributed by atoms with E-state index in [0.29, 0.717) is 6.61 Å². The average Bonchev–Trinajstić information content (AvgIpc) is 2.99. The Morgan fingerprint density at radius 2 is 1.59 bits per heavy atom. The Morgan fingerprint density at radius 1 is 0.812 bits per heavy atom. The predicted molar refractivity (Wildman–Crippen MR) is 132 cm³/mol. The van der Waals surface area contributed by atoms with Gasteiger partial charge in [0.2, 0.25) is 0 Å². The van der Waals surface area contributed by atoms with E-state index in [9.17, 15) is 0 Å². The van der Waals surface area contributed by atoms with Crippen molar-refractivity contribution < 1.29 is 4.74 Å². The third kappa shape index (κ3) is 4.53. The SMILES string of the molecule is Cn1sc2ccccc2nc2n(CCc3ccc(OCc4ccccc4)cc3)cccc1-2. The molecule has 2 aliphatic rings. The van der Waals surface area contributed by atoms with E-state index in [1.165, 1.54) is 15.8 Å². The molecule has 32 heavy (non-hydrogen) atoms. The molecule has 0 N–H and O–H groups in total. The molecule has 2 aliphatic heterocycles. The first-order chi connectivity index (χ1) is 15.8. The minimum absolute atomic E-state index is 0.584. The molecule has 0 aromatic heterocycles. The van der Waals surface area contributed by atoms with Crippen LogP contribution in [0.4, 0.5) is 0 Å². The van der Waals surface area contributed by atoms with Crippen molar-refractivity contribution in [3.63, 3.8) is 0 Å². The first-order valence-corrected chi connectivity index (χ1v) is 11.5. The van der Waals surface area contributed by atoms with Crippen molar-refractivity contribution in [1.29, 1.82) is 0 Å². The number of nitrogens with zero attached hydrogens (tertiary/aromatic N) is 3. The molecule has 3 aromatic rings. The molecular weight excluding hydrogens is 414 g/mol. The first-order valence-electron chi connectivity index (χ1n) is 10.8. The van der Waals surface area contributed by atoms with Gasteiger partial charge in [0, 0.05) is 19.8 Å². The Labute approximate surface area is 192 Å². The van der Waals surface area contributed by atoms with Crippen LogP contribution in [0, 0.1) is 0 Å². The van der Waals surface area contributed by atoms with Crippen LogP contribution in [0.5, 0.6) is 5.75 Å². The minimum Gasteiger partial charge on any atom is -0.489 e. The number of fused-ring (bicyclic) bond motifs is 2. The van der Waals surface area contributed by atoms with Gasteiger partial charge in [0.1, 0.15) is 12.4 Å². The third-order valence-electron chi connectivity index (χ3n) is 5.50. The number of benzene rings is 3. The van der Waals surface area contributed by atoms with Crippen LogP contribution in [0.3, 0.4) is 0 Å². The summed E-state index contributed by atoms with van der Waals surface area (Å²) < 4.78 is 11.5. The zero-order chi connectivity index (χ0) is 21.8. The van der Waals surface area contributed by atoms with Gasteiger partial charge in [-0.1, -0.05) is 66.1 Å². The molecule has 5 rings (SSSR count). The smallest absolute Gasteiger partial charge is 0.158 e. The number of hydrogen-bond donors (Lipinski definition) is 0. The van der Waals surface area contributed by atoms with Crippen LogP contribution in [-0.4, -0.2) is 13.5 Å². The van der Waals surface area contributed by atoms with Crippen molar-refractivity contribution in [2.24, 2.45) is 7.05 Å². The number of aryl methyl sites for hydroxylation is 3. The van der Waals surface area contributed by atoms with E-state index in [2.05, 4.69) is 88.5 Å². The summed E-state index contributed by atoms with van der Waals surface area (Å²) in [5, 5.41) is 0. The van der Waals surface area contributed by atoms with Gasteiger partial charge in [-0.15, -0.1) is 0 Å². The van der Waals surface area contributed by atoms with Crippen molar-refractivity contribution in [1.82, 2.24) is 13.5 Å². The topological polar surface area (TPSA) is 32.0 Å². The van der Waals surface area contributed by atoms with Crippen molar-refractivity contribution in [2.45, 2.75) is 19.6 Å². The molecule has 3 aromatic carbocycles. The normalized spacial score (nSPS) is 11.0. The lowest BCUT2D eigenvalue weighted by Crippen LogP contribution is -2.09. The quantitative estimate of drug-likeness (QED) is 0.303. The van der Waals surface area contributed by atoms with E-state index >= 15 is 0 Å². The summed E-state index contributed by atoms with van der Waals surface area (Å²) in [6.07, 6.45) is 3.04. The van der Waals surface area contributed by atoms with E-state index in [1.54, 1.807) is 11.5 Å². The van der Waals surface area contributed by atoms with Gasteiger partial charge < -0.3 is 9.30 Å². The van der Waals surface area contributed by atoms with Gasteiger partial charge in [0.15, 0.2) is 5.82 Å². The molecule has 0 fully saturated rings. The van der Waals surface area contributed by atoms with E-state index in [0.717, 1.165) is 35.8 Å². The van der Waals surface area contributed by atoms with Gasteiger partial charge >= 0.3 is 0 Å². The summed E-state index contributed by atoms with van der Waals surface area (Å²) in [5.41, 5.74) is 4.59. The third-order valence-corrected chi connectivity index (χ3v) is 6.51. The summed E-state index contributed by atoms with van der Waals surface area (Å²) in [6.45, 7) is 1.44. The second kappa shape index (κ2) is 9.28. The molecule has 0 saturated carbocycles. The van der Waals surface area contributed by atoms with Crippen LogP contribution in [0.1, 0.15) is 11.1 Å². The lowest BCUT2D eigenvalue weighted by Gasteiger charge is -2.14. The molecule has 0 amide bonds. The maximum absolute atomic E-state index is 5.92. The zero-order valence-corrected chi connectivity index (χ0v) is 18.8. The van der Waals surface area contributed by atoms with Crippen LogP contribution < -0.4 is 4.74 Å². The largest absolute Gasteiger partial charge is 0.489 e. The first kappa shape index (κ1) is 20.3. The highest BCUT2D eigenvalue weighted by Gasteiger charge is 2.11. The summed E-state index contributed by atoms with van der Waals surface area (Å²) in [6, 6.07) is 31.2. The fourth-order valence-electron chi connectivity index (χ4n) is 3.76. The fourth-order valence-corrected chi connectivity index (χ4v) is 4.64. The van der Waals surface area contributed by atoms with Crippen molar-refractivity contribution in [3.05, 3.63) is 108 Å². The van der Waals surface area contributed by atoms with Crippen molar-refractivity contribution in [2.75, 3.05) is 0 Å². The van der Waals surface area contributed by atoms with E-state index in [-0.39, 0.29) is 0 Å². The van der Waals surface area contributed by atoms with E-state index in [4.69, 9.17) is 9.72 Å². The van der Waals surface area contributed by atoms with Crippen LogP contribution in [0.25, 0.3) is 21.7 Å². The second-order valence-corrected chi connectivity index (χ2v) is 8.92. The zero-order valence-electron chi connectivity index (χ0n) is 18.0. The number of pyridine rings is 1. The number of ether oxygens (including phenoxy) is 1. The summed E-state index contributed by atoms with van der Waals surface area (Å²) in [7, 11) is 2.10. The molecule has 0 aliphatic carbocycles. The Kier molecular flexibility index (Phi) is 5.90. The summed E-state index contributed by atoms with van der Waals surface area (Å²) in [4.78, 5) is 5.01. The number of hydrogen-bond acceptors (Lipinski definition) is 3. The highest BCUT2D eigenvalue weighted by Crippen LogP contribution is 2.25. The molecule has 160 valence electrons. The summed E-state index contributed by atoms with van der Waals surface area (Å²) >= 11 is 1.72. The standard InChI is InChI=1S/C27H25N3OS/c1-29-25-11-7-18-30(27(25)28-24-10-5-6-12-26(24)32-29)19-17-21-13-15-23(16-14-21)31-20-22-8-3-2-4-9-22/h2-16,18H,17,19-20H2,1H3. The molecule has 0 radical (unpaired) electrons. The van der Waals surface area contributed by atoms with Crippen LogP contribution >= 0.6 is 11.5 Å². The molecule has 5 heteroatoms. The molecular formula is C27H25N3OS. The molecule has 0 atom stereocenters. The molecule has 0 saturated heterocycles. The van der Waals surface area contributed by atoms with Crippen LogP contribution in [0.2, 0.25) is 0 Å². The van der Waals surface area contributed by atoms with Crippen molar-refractivity contribution in [3.8, 4) is 17.3 Å². The maximum Gasteiger partial charge on any atom is 0.158 e. The maximum atomic E-state index is 5.92. The lowest BCUT2D eigenvalue weighted by molar-refractivity contribution is 0.306. The molecule has 2 heterocycles. The Morgan fingerprint density at radius 3 is 2.44 bits per heavy atom. The van der Waals surface area contributed by atoms with E-state index < -0.39 is 0 Å². The molecule has 0 spiro atoms. The minimum atomic E-state index is 0.584. The molecule has 0 bridgehead atoms. The van der Waals surface area contributed by atoms with Crippen molar-refractivity contribution >= 4 is 21.7 Å². The fraction of sp³-hybridized carbons (Fsp3) is 0.148. The second-order valence-electron chi connectivity index (χ2n) is 7.75. The van der Waals surface area contributed by atoms with Crippen LogP contribution in [-0.2, 0) is 26.6 Å². The Balaban J connectivity index is 1.33. The number of rotatable bonds is 6.